The Labute approximate surface area is 108 Å². The summed E-state index contributed by atoms with van der Waals surface area (Å²) in [5, 5.41) is 4.07. The van der Waals surface area contributed by atoms with Crippen LogP contribution in [0.25, 0.3) is 0 Å². The molecule has 16 heavy (non-hydrogen) atoms. The summed E-state index contributed by atoms with van der Waals surface area (Å²) < 4.78 is 1.13. The van der Waals surface area contributed by atoms with Gasteiger partial charge in [0.1, 0.15) is 0 Å². The molecule has 2 aromatic rings. The number of benzene rings is 1. The first-order valence-corrected chi connectivity index (χ1v) is 6.68. The first-order chi connectivity index (χ1) is 7.69. The summed E-state index contributed by atoms with van der Waals surface area (Å²) in [6.07, 6.45) is 0.949. The lowest BCUT2D eigenvalue weighted by molar-refractivity contribution is 1.14. The van der Waals surface area contributed by atoms with E-state index in [4.69, 9.17) is 0 Å². The first-order valence-electron chi connectivity index (χ1n) is 5.07. The van der Waals surface area contributed by atoms with E-state index in [0.717, 1.165) is 21.7 Å². The maximum absolute atomic E-state index is 4.44. The van der Waals surface area contributed by atoms with Crippen molar-refractivity contribution in [3.05, 3.63) is 44.9 Å². The molecule has 0 saturated carbocycles. The van der Waals surface area contributed by atoms with Crippen molar-refractivity contribution >= 4 is 32.4 Å². The van der Waals surface area contributed by atoms with Crippen molar-refractivity contribution in [2.24, 2.45) is 0 Å². The van der Waals surface area contributed by atoms with Crippen LogP contribution in [-0.4, -0.2) is 12.0 Å². The molecule has 0 radical (unpaired) electrons. The van der Waals surface area contributed by atoms with E-state index in [9.17, 15) is 0 Å². The number of aromatic nitrogens is 1. The molecule has 2 rings (SSSR count). The van der Waals surface area contributed by atoms with E-state index in [2.05, 4.69) is 51.4 Å². The van der Waals surface area contributed by atoms with Crippen molar-refractivity contribution in [2.45, 2.75) is 13.3 Å². The van der Waals surface area contributed by atoms with E-state index in [0.29, 0.717) is 0 Å². The van der Waals surface area contributed by atoms with Gasteiger partial charge in [-0.3, -0.25) is 0 Å². The second-order valence-corrected chi connectivity index (χ2v) is 5.58. The number of nitrogens with zero attached hydrogens (tertiary/aromatic N) is 1. The number of nitrogens with one attached hydrogen (secondary N) is 1. The van der Waals surface area contributed by atoms with Crippen molar-refractivity contribution < 1.29 is 0 Å². The van der Waals surface area contributed by atoms with Gasteiger partial charge in [-0.05, 0) is 24.6 Å². The Morgan fingerprint density at radius 2 is 2.25 bits per heavy atom. The van der Waals surface area contributed by atoms with Crippen LogP contribution in [0.3, 0.4) is 0 Å². The zero-order chi connectivity index (χ0) is 11.5. The van der Waals surface area contributed by atoms with Gasteiger partial charge in [0, 0.05) is 22.8 Å². The highest BCUT2D eigenvalue weighted by atomic mass is 79.9. The summed E-state index contributed by atoms with van der Waals surface area (Å²) in [5.74, 6) is 0. The third kappa shape index (κ3) is 2.62. The van der Waals surface area contributed by atoms with E-state index in [-0.39, 0.29) is 0 Å². The van der Waals surface area contributed by atoms with Crippen molar-refractivity contribution in [1.29, 1.82) is 0 Å². The molecule has 0 spiro atoms. The summed E-state index contributed by atoms with van der Waals surface area (Å²) in [4.78, 5) is 5.77. The lowest BCUT2D eigenvalue weighted by Crippen LogP contribution is -1.87. The zero-order valence-corrected chi connectivity index (χ0v) is 11.7. The SMILES string of the molecule is CNc1nc(C)c(Cc2cccc(Br)c2)s1. The highest BCUT2D eigenvalue weighted by Crippen LogP contribution is 2.25. The van der Waals surface area contributed by atoms with Crippen LogP contribution in [0.1, 0.15) is 16.1 Å². The van der Waals surface area contributed by atoms with Gasteiger partial charge >= 0.3 is 0 Å². The van der Waals surface area contributed by atoms with Crippen molar-refractivity contribution in [1.82, 2.24) is 4.98 Å². The number of rotatable bonds is 3. The fourth-order valence-electron chi connectivity index (χ4n) is 1.53. The van der Waals surface area contributed by atoms with Gasteiger partial charge in [0.15, 0.2) is 5.13 Å². The van der Waals surface area contributed by atoms with Gasteiger partial charge in [-0.1, -0.05) is 28.1 Å². The van der Waals surface area contributed by atoms with E-state index in [1.54, 1.807) is 11.3 Å². The molecule has 0 saturated heterocycles. The van der Waals surface area contributed by atoms with Gasteiger partial charge in [0.25, 0.3) is 0 Å². The molecule has 0 bridgehead atoms. The highest BCUT2D eigenvalue weighted by molar-refractivity contribution is 9.10. The summed E-state index contributed by atoms with van der Waals surface area (Å²) in [7, 11) is 1.90. The number of aryl methyl sites for hydroxylation is 1. The minimum absolute atomic E-state index is 0.949. The van der Waals surface area contributed by atoms with Crippen LogP contribution in [0.4, 0.5) is 5.13 Å². The van der Waals surface area contributed by atoms with Gasteiger partial charge in [0.05, 0.1) is 5.69 Å². The Kier molecular flexibility index (Phi) is 3.61. The summed E-state index contributed by atoms with van der Waals surface area (Å²) >= 11 is 5.21. The largest absolute Gasteiger partial charge is 0.365 e. The van der Waals surface area contributed by atoms with E-state index in [1.165, 1.54) is 10.4 Å². The predicted octanol–water partition coefficient (Wildman–Crippen LogP) is 3.85. The standard InChI is InChI=1S/C12H13BrN2S/c1-8-11(16-12(14-2)15-8)7-9-4-3-5-10(13)6-9/h3-6H,7H2,1-2H3,(H,14,15). The van der Waals surface area contributed by atoms with Crippen molar-refractivity contribution in [3.8, 4) is 0 Å². The monoisotopic (exact) mass is 296 g/mol. The smallest absolute Gasteiger partial charge is 0.182 e. The van der Waals surface area contributed by atoms with Crippen LogP contribution in [0, 0.1) is 6.92 Å². The molecular weight excluding hydrogens is 284 g/mol. The Morgan fingerprint density at radius 1 is 1.44 bits per heavy atom. The molecule has 1 N–H and O–H groups in total. The number of anilines is 1. The van der Waals surface area contributed by atoms with Crippen LogP contribution in [0.2, 0.25) is 0 Å². The molecule has 0 atom stereocenters. The molecule has 1 aromatic heterocycles. The molecule has 84 valence electrons. The maximum atomic E-state index is 4.44. The summed E-state index contributed by atoms with van der Waals surface area (Å²) in [6.45, 7) is 2.06. The van der Waals surface area contributed by atoms with Crippen LogP contribution in [0.5, 0.6) is 0 Å². The zero-order valence-electron chi connectivity index (χ0n) is 9.25. The van der Waals surface area contributed by atoms with Crippen LogP contribution in [-0.2, 0) is 6.42 Å². The minimum Gasteiger partial charge on any atom is -0.365 e. The van der Waals surface area contributed by atoms with Crippen molar-refractivity contribution in [3.63, 3.8) is 0 Å². The fourth-order valence-corrected chi connectivity index (χ4v) is 2.93. The Bertz CT molecular complexity index is 494. The molecule has 0 unspecified atom stereocenters. The fraction of sp³-hybridized carbons (Fsp3) is 0.250. The third-order valence-electron chi connectivity index (χ3n) is 2.36. The van der Waals surface area contributed by atoms with Crippen LogP contribution >= 0.6 is 27.3 Å². The van der Waals surface area contributed by atoms with Gasteiger partial charge in [-0.2, -0.15) is 0 Å². The molecule has 0 aliphatic carbocycles. The Hall–Kier alpha value is -0.870. The molecule has 1 heterocycles. The molecule has 4 heteroatoms. The van der Waals surface area contributed by atoms with Gasteiger partial charge in [-0.15, -0.1) is 11.3 Å². The Balaban J connectivity index is 2.23. The number of hydrogen-bond acceptors (Lipinski definition) is 3. The average molecular weight is 297 g/mol. The number of hydrogen-bond donors (Lipinski definition) is 1. The van der Waals surface area contributed by atoms with Gasteiger partial charge in [0.2, 0.25) is 0 Å². The normalized spacial score (nSPS) is 10.4. The van der Waals surface area contributed by atoms with E-state index >= 15 is 0 Å². The second kappa shape index (κ2) is 4.97. The van der Waals surface area contributed by atoms with Crippen molar-refractivity contribution in [2.75, 3.05) is 12.4 Å². The van der Waals surface area contributed by atoms with Crippen LogP contribution in [0.15, 0.2) is 28.7 Å². The second-order valence-electron chi connectivity index (χ2n) is 3.58. The lowest BCUT2D eigenvalue weighted by Gasteiger charge is -2.00. The predicted molar refractivity (Wildman–Crippen MR) is 73.3 cm³/mol. The molecule has 0 amide bonds. The minimum atomic E-state index is 0.949. The average Bonchev–Trinajstić information content (AvgIpc) is 2.60. The molecule has 2 nitrogen and oxygen atoms in total. The molecular formula is C12H13BrN2S. The van der Waals surface area contributed by atoms with Crippen LogP contribution < -0.4 is 5.32 Å². The summed E-state index contributed by atoms with van der Waals surface area (Å²) in [5.41, 5.74) is 2.43. The molecule has 0 fully saturated rings. The topological polar surface area (TPSA) is 24.9 Å². The third-order valence-corrected chi connectivity index (χ3v) is 4.03. The highest BCUT2D eigenvalue weighted by Gasteiger charge is 2.07. The van der Waals surface area contributed by atoms with Gasteiger partial charge < -0.3 is 5.32 Å². The first kappa shape index (κ1) is 11.6. The molecule has 0 aliphatic rings. The Morgan fingerprint density at radius 3 is 2.88 bits per heavy atom. The molecule has 0 aliphatic heterocycles. The van der Waals surface area contributed by atoms with E-state index < -0.39 is 0 Å². The number of thiazole rings is 1. The summed E-state index contributed by atoms with van der Waals surface area (Å²) in [6, 6.07) is 8.40. The number of halogens is 1. The van der Waals surface area contributed by atoms with E-state index in [1.807, 2.05) is 13.1 Å². The molecule has 1 aromatic carbocycles. The van der Waals surface area contributed by atoms with Gasteiger partial charge in [-0.25, -0.2) is 4.98 Å². The lowest BCUT2D eigenvalue weighted by atomic mass is 10.1. The quantitative estimate of drug-likeness (QED) is 0.931. The maximum Gasteiger partial charge on any atom is 0.182 e.